The lowest BCUT2D eigenvalue weighted by molar-refractivity contribution is -0.116. The molecule has 2 aliphatic rings. The summed E-state index contributed by atoms with van der Waals surface area (Å²) in [5, 5.41) is 27.2. The van der Waals surface area contributed by atoms with Crippen molar-refractivity contribution in [3.05, 3.63) is 76.1 Å². The number of Topliss-reactive ketones (excluding diaryl/α,β-unsaturated/α-hetero) is 1. The van der Waals surface area contributed by atoms with E-state index in [2.05, 4.69) is 10.5 Å². The highest BCUT2D eigenvalue weighted by atomic mass is 16.5. The number of phenolic OH excluding ortho intramolecular Hbond substituents is 2. The van der Waals surface area contributed by atoms with Gasteiger partial charge in [-0.05, 0) is 54.7 Å². The van der Waals surface area contributed by atoms with Crippen molar-refractivity contribution in [3.8, 4) is 17.2 Å². The smallest absolute Gasteiger partial charge is 0.233 e. The van der Waals surface area contributed by atoms with Crippen molar-refractivity contribution in [2.45, 2.75) is 31.6 Å². The monoisotopic (exact) mass is 418 g/mol. The van der Waals surface area contributed by atoms with Crippen LogP contribution in [0.2, 0.25) is 0 Å². The number of allylic oxidation sites excluding steroid dienone is 2. The Kier molecular flexibility index (Phi) is 4.46. The molecule has 0 fully saturated rings. The summed E-state index contributed by atoms with van der Waals surface area (Å²) in [6.45, 7) is 1.83. The molecular formula is C24H22N2O5. The number of hydrogen-bond donors (Lipinski definition) is 3. The third-order valence-corrected chi connectivity index (χ3v) is 6.18. The number of phenols is 2. The van der Waals surface area contributed by atoms with Gasteiger partial charge in [-0.3, -0.25) is 4.79 Å². The number of hydrogen-bond acceptors (Lipinski definition) is 7. The van der Waals surface area contributed by atoms with Crippen molar-refractivity contribution < 1.29 is 24.3 Å². The molecule has 2 aromatic carbocycles. The molecule has 1 aliphatic heterocycles. The number of carbonyl (C=O) groups excluding carboxylic acids is 1. The topological polar surface area (TPSA) is 105 Å². The van der Waals surface area contributed by atoms with E-state index in [1.54, 1.807) is 13.2 Å². The van der Waals surface area contributed by atoms with Gasteiger partial charge < -0.3 is 24.8 Å². The number of methoxy groups -OCH3 is 1. The summed E-state index contributed by atoms with van der Waals surface area (Å²) in [5.74, 6) is 0.500. The molecule has 7 nitrogen and oxygen atoms in total. The Morgan fingerprint density at radius 3 is 2.52 bits per heavy atom. The van der Waals surface area contributed by atoms with E-state index in [1.165, 1.54) is 12.1 Å². The zero-order valence-corrected chi connectivity index (χ0v) is 17.2. The van der Waals surface area contributed by atoms with E-state index in [1.807, 2.05) is 31.2 Å². The van der Waals surface area contributed by atoms with Crippen LogP contribution in [0.25, 0.3) is 0 Å². The lowest BCUT2D eigenvalue weighted by atomic mass is 9.72. The predicted octanol–water partition coefficient (Wildman–Crippen LogP) is 4.36. The molecule has 2 atom stereocenters. The first kappa shape index (κ1) is 19.2. The molecule has 158 valence electrons. The maximum Gasteiger partial charge on any atom is 0.233 e. The summed E-state index contributed by atoms with van der Waals surface area (Å²) in [7, 11) is 1.63. The van der Waals surface area contributed by atoms with Crippen LogP contribution in [0.3, 0.4) is 0 Å². The summed E-state index contributed by atoms with van der Waals surface area (Å²) in [6, 6.07) is 12.4. The normalized spacial score (nSPS) is 20.1. The fraction of sp³-hybridized carbons (Fsp3) is 0.250. The minimum atomic E-state index is -0.423. The van der Waals surface area contributed by atoms with Crippen molar-refractivity contribution in [1.29, 1.82) is 0 Å². The molecule has 0 saturated heterocycles. The Morgan fingerprint density at radius 1 is 1.06 bits per heavy atom. The Bertz CT molecular complexity index is 1210. The Balaban J connectivity index is 1.59. The number of benzene rings is 2. The first-order valence-electron chi connectivity index (χ1n) is 10.1. The predicted molar refractivity (Wildman–Crippen MR) is 113 cm³/mol. The number of carbonyl (C=O) groups is 1. The van der Waals surface area contributed by atoms with E-state index in [0.717, 1.165) is 22.6 Å². The molecule has 0 saturated carbocycles. The van der Waals surface area contributed by atoms with Gasteiger partial charge in [0.05, 0.1) is 18.4 Å². The second-order valence-corrected chi connectivity index (χ2v) is 8.01. The Labute approximate surface area is 179 Å². The van der Waals surface area contributed by atoms with Crippen molar-refractivity contribution in [3.63, 3.8) is 0 Å². The van der Waals surface area contributed by atoms with Gasteiger partial charge in [0, 0.05) is 23.6 Å². The lowest BCUT2D eigenvalue weighted by Gasteiger charge is -2.34. The molecule has 0 amide bonds. The quantitative estimate of drug-likeness (QED) is 0.543. The zero-order chi connectivity index (χ0) is 21.7. The van der Waals surface area contributed by atoms with Crippen LogP contribution in [0, 0.1) is 6.92 Å². The maximum absolute atomic E-state index is 13.4. The maximum atomic E-state index is 13.4. The third kappa shape index (κ3) is 3.13. The molecule has 7 heteroatoms. The number of ether oxygens (including phenoxy) is 1. The molecule has 0 spiro atoms. The second-order valence-electron chi connectivity index (χ2n) is 8.01. The summed E-state index contributed by atoms with van der Waals surface area (Å²) >= 11 is 0. The third-order valence-electron chi connectivity index (χ3n) is 6.18. The summed E-state index contributed by atoms with van der Waals surface area (Å²) < 4.78 is 10.8. The molecule has 0 bridgehead atoms. The van der Waals surface area contributed by atoms with Crippen LogP contribution in [0.4, 0.5) is 5.88 Å². The number of nitrogens with zero attached hydrogens (tertiary/aromatic N) is 1. The van der Waals surface area contributed by atoms with Gasteiger partial charge in [-0.2, -0.15) is 0 Å². The standard InChI is InChI=1S/C24H22N2O5/c1-12-21-22(14-5-8-18(27)19(28)10-14)23-17(25-24(21)31-26-12)9-15(11-20(23)29)13-3-6-16(30-2)7-4-13/h3-8,10,15,22,25,27-28H,9,11H2,1-2H3/t15-,22-/m1/s1. The van der Waals surface area contributed by atoms with Crippen LogP contribution >= 0.6 is 0 Å². The van der Waals surface area contributed by atoms with Crippen LogP contribution in [-0.2, 0) is 4.79 Å². The van der Waals surface area contributed by atoms with Crippen LogP contribution < -0.4 is 10.1 Å². The second kappa shape index (κ2) is 7.19. The van der Waals surface area contributed by atoms with E-state index < -0.39 is 5.92 Å². The summed E-state index contributed by atoms with van der Waals surface area (Å²) in [6.07, 6.45) is 1.03. The Morgan fingerprint density at radius 2 is 1.81 bits per heavy atom. The van der Waals surface area contributed by atoms with Gasteiger partial charge in [0.1, 0.15) is 5.75 Å². The zero-order valence-electron chi connectivity index (χ0n) is 17.2. The van der Waals surface area contributed by atoms with Crippen LogP contribution in [0.15, 0.2) is 58.3 Å². The Hall–Kier alpha value is -3.74. The number of rotatable bonds is 3. The fourth-order valence-corrected chi connectivity index (χ4v) is 4.64. The van der Waals surface area contributed by atoms with E-state index in [0.29, 0.717) is 35.6 Å². The van der Waals surface area contributed by atoms with Gasteiger partial charge in [0.25, 0.3) is 0 Å². The highest BCUT2D eigenvalue weighted by Gasteiger charge is 2.41. The van der Waals surface area contributed by atoms with Crippen molar-refractivity contribution >= 4 is 11.7 Å². The average molecular weight is 418 g/mol. The molecule has 1 aromatic heterocycles. The largest absolute Gasteiger partial charge is 0.504 e. The van der Waals surface area contributed by atoms with Crippen LogP contribution in [0.1, 0.15) is 47.1 Å². The van der Waals surface area contributed by atoms with Gasteiger partial charge in [-0.1, -0.05) is 23.4 Å². The number of anilines is 1. The van der Waals surface area contributed by atoms with Crippen LogP contribution in [0.5, 0.6) is 17.2 Å². The summed E-state index contributed by atoms with van der Waals surface area (Å²) in [4.78, 5) is 13.4. The van der Waals surface area contributed by atoms with Crippen molar-refractivity contribution in [2.75, 3.05) is 12.4 Å². The molecular weight excluding hydrogens is 396 g/mol. The van der Waals surface area contributed by atoms with Crippen molar-refractivity contribution in [2.24, 2.45) is 0 Å². The van der Waals surface area contributed by atoms with Gasteiger partial charge in [0.2, 0.25) is 5.88 Å². The first-order chi connectivity index (χ1) is 15.0. The molecule has 1 aliphatic carbocycles. The first-order valence-corrected chi connectivity index (χ1v) is 10.1. The average Bonchev–Trinajstić information content (AvgIpc) is 3.14. The molecule has 3 N–H and O–H groups in total. The highest BCUT2D eigenvalue weighted by Crippen LogP contribution is 2.49. The molecule has 0 unspecified atom stereocenters. The highest BCUT2D eigenvalue weighted by molar-refractivity contribution is 6.01. The molecule has 2 heterocycles. The van der Waals surface area contributed by atoms with E-state index in [9.17, 15) is 15.0 Å². The molecule has 31 heavy (non-hydrogen) atoms. The number of aryl methyl sites for hydroxylation is 1. The fourth-order valence-electron chi connectivity index (χ4n) is 4.64. The minimum absolute atomic E-state index is 0.0316. The van der Waals surface area contributed by atoms with Gasteiger partial charge in [-0.25, -0.2) is 0 Å². The van der Waals surface area contributed by atoms with E-state index in [-0.39, 0.29) is 23.2 Å². The van der Waals surface area contributed by atoms with Crippen molar-refractivity contribution in [1.82, 2.24) is 5.16 Å². The number of fused-ring (bicyclic) bond motifs is 1. The van der Waals surface area contributed by atoms with Crippen LogP contribution in [-0.4, -0.2) is 28.3 Å². The SMILES string of the molecule is COc1ccc([C@H]2CC(=O)C3=C(C2)Nc2onc(C)c2[C@H]3c2ccc(O)c(O)c2)cc1. The lowest BCUT2D eigenvalue weighted by Crippen LogP contribution is -2.29. The number of nitrogens with one attached hydrogen (secondary N) is 1. The molecule has 0 radical (unpaired) electrons. The number of aromatic nitrogens is 1. The van der Waals surface area contributed by atoms with E-state index >= 15 is 0 Å². The minimum Gasteiger partial charge on any atom is -0.504 e. The summed E-state index contributed by atoms with van der Waals surface area (Å²) in [5.41, 5.74) is 4.69. The van der Waals surface area contributed by atoms with Gasteiger partial charge in [-0.15, -0.1) is 0 Å². The van der Waals surface area contributed by atoms with Gasteiger partial charge in [0.15, 0.2) is 17.3 Å². The van der Waals surface area contributed by atoms with Gasteiger partial charge >= 0.3 is 0 Å². The number of aromatic hydroxyl groups is 2. The van der Waals surface area contributed by atoms with E-state index in [4.69, 9.17) is 9.26 Å². The molecule has 5 rings (SSSR count). The molecule has 3 aromatic rings. The number of ketones is 1.